The molecule has 9 nitrogen and oxygen atoms in total. The van der Waals surface area contributed by atoms with E-state index in [1.54, 1.807) is 41.3 Å². The van der Waals surface area contributed by atoms with E-state index in [-0.39, 0.29) is 11.6 Å². The van der Waals surface area contributed by atoms with Crippen LogP contribution in [-0.2, 0) is 0 Å². The van der Waals surface area contributed by atoms with Crippen LogP contribution >= 0.6 is 0 Å². The second kappa shape index (κ2) is 7.48. The lowest BCUT2D eigenvalue weighted by molar-refractivity contribution is 0.102. The Hall–Kier alpha value is -3.36. The quantitative estimate of drug-likeness (QED) is 0.755. The highest BCUT2D eigenvalue weighted by molar-refractivity contribution is 6.02. The average Bonchev–Trinajstić information content (AvgIpc) is 3.24. The highest BCUT2D eigenvalue weighted by Crippen LogP contribution is 2.22. The maximum atomic E-state index is 12.4. The molecule has 1 fully saturated rings. The summed E-state index contributed by atoms with van der Waals surface area (Å²) in [4.78, 5) is 23.1. The van der Waals surface area contributed by atoms with E-state index in [9.17, 15) is 4.79 Å². The molecule has 9 heteroatoms. The van der Waals surface area contributed by atoms with Crippen molar-refractivity contribution in [1.82, 2.24) is 29.9 Å². The molecule has 0 saturated carbocycles. The molecule has 27 heavy (non-hydrogen) atoms. The number of anilines is 2. The topological polar surface area (TPSA) is 102 Å². The molecule has 0 bridgehead atoms. The van der Waals surface area contributed by atoms with Crippen molar-refractivity contribution in [1.29, 1.82) is 0 Å². The standard InChI is InChI=1S/C18H20N8O/c1-13-5-9-25(10-6-13)17-11-15(19-12-20-17)22-18(27)14-3-4-16(24-23-14)26-8-2-7-21-26/h2-4,7-8,11-13H,5-6,9-10H2,1H3,(H,19,20,22,27). The monoisotopic (exact) mass is 364 g/mol. The number of aromatic nitrogens is 6. The van der Waals surface area contributed by atoms with Crippen LogP contribution in [0.1, 0.15) is 30.3 Å². The molecular formula is C18H20N8O. The Kier molecular flexibility index (Phi) is 4.73. The molecule has 138 valence electrons. The summed E-state index contributed by atoms with van der Waals surface area (Å²) in [5.41, 5.74) is 0.206. The molecule has 1 saturated heterocycles. The van der Waals surface area contributed by atoms with Crippen molar-refractivity contribution in [3.63, 3.8) is 0 Å². The van der Waals surface area contributed by atoms with E-state index in [1.807, 2.05) is 0 Å². The highest BCUT2D eigenvalue weighted by Gasteiger charge is 2.18. The summed E-state index contributed by atoms with van der Waals surface area (Å²) >= 11 is 0. The van der Waals surface area contributed by atoms with Crippen LogP contribution < -0.4 is 10.2 Å². The van der Waals surface area contributed by atoms with Crippen LogP contribution in [0.3, 0.4) is 0 Å². The third-order valence-corrected chi connectivity index (χ3v) is 4.62. The molecule has 0 atom stereocenters. The van der Waals surface area contributed by atoms with Crippen molar-refractivity contribution in [3.8, 4) is 5.82 Å². The highest BCUT2D eigenvalue weighted by atomic mass is 16.2. The van der Waals surface area contributed by atoms with Crippen molar-refractivity contribution in [2.75, 3.05) is 23.3 Å². The van der Waals surface area contributed by atoms with Gasteiger partial charge in [-0.1, -0.05) is 6.92 Å². The summed E-state index contributed by atoms with van der Waals surface area (Å²) in [7, 11) is 0. The van der Waals surface area contributed by atoms with Gasteiger partial charge < -0.3 is 10.2 Å². The Labute approximate surface area is 156 Å². The third-order valence-electron chi connectivity index (χ3n) is 4.62. The Bertz CT molecular complexity index is 901. The number of amides is 1. The van der Waals surface area contributed by atoms with Gasteiger partial charge in [0, 0.05) is 31.5 Å². The van der Waals surface area contributed by atoms with Crippen molar-refractivity contribution in [2.45, 2.75) is 19.8 Å². The molecular weight excluding hydrogens is 344 g/mol. The predicted molar refractivity (Wildman–Crippen MR) is 99.8 cm³/mol. The van der Waals surface area contributed by atoms with E-state index in [4.69, 9.17) is 0 Å². The number of carbonyl (C=O) groups is 1. The summed E-state index contributed by atoms with van der Waals surface area (Å²) < 4.78 is 1.57. The molecule has 0 unspecified atom stereocenters. The molecule has 3 aromatic rings. The molecule has 3 aromatic heterocycles. The summed E-state index contributed by atoms with van der Waals surface area (Å²) in [6, 6.07) is 6.88. The predicted octanol–water partition coefficient (Wildman–Crippen LogP) is 1.94. The summed E-state index contributed by atoms with van der Waals surface area (Å²) in [6.07, 6.45) is 7.16. The van der Waals surface area contributed by atoms with Crippen LogP contribution in [0.5, 0.6) is 0 Å². The fourth-order valence-corrected chi connectivity index (χ4v) is 2.98. The Morgan fingerprint density at radius 1 is 1.15 bits per heavy atom. The Morgan fingerprint density at radius 3 is 2.70 bits per heavy atom. The van der Waals surface area contributed by atoms with Gasteiger partial charge >= 0.3 is 0 Å². The van der Waals surface area contributed by atoms with Gasteiger partial charge in [-0.3, -0.25) is 4.79 Å². The molecule has 1 aliphatic rings. The van der Waals surface area contributed by atoms with Gasteiger partial charge in [0.25, 0.3) is 5.91 Å². The maximum absolute atomic E-state index is 12.4. The van der Waals surface area contributed by atoms with Crippen LogP contribution in [-0.4, -0.2) is 48.9 Å². The molecule has 1 aliphatic heterocycles. The van der Waals surface area contributed by atoms with Crippen LogP contribution in [0.15, 0.2) is 43.0 Å². The van der Waals surface area contributed by atoms with Gasteiger partial charge in [-0.15, -0.1) is 10.2 Å². The number of rotatable bonds is 4. The first-order chi connectivity index (χ1) is 13.2. The first kappa shape index (κ1) is 17.1. The van der Waals surface area contributed by atoms with Crippen molar-refractivity contribution < 1.29 is 4.79 Å². The number of hydrogen-bond acceptors (Lipinski definition) is 7. The first-order valence-corrected chi connectivity index (χ1v) is 8.91. The SMILES string of the molecule is CC1CCN(c2cc(NC(=O)c3ccc(-n4cccn4)nn3)ncn2)CC1. The van der Waals surface area contributed by atoms with Gasteiger partial charge in [-0.2, -0.15) is 5.10 Å². The molecule has 0 radical (unpaired) electrons. The Balaban J connectivity index is 1.44. The molecule has 0 spiro atoms. The van der Waals surface area contributed by atoms with Gasteiger partial charge in [0.05, 0.1) is 0 Å². The molecule has 4 rings (SSSR count). The zero-order chi connectivity index (χ0) is 18.6. The second-order valence-corrected chi connectivity index (χ2v) is 6.61. The van der Waals surface area contributed by atoms with Gasteiger partial charge in [0.1, 0.15) is 18.0 Å². The van der Waals surface area contributed by atoms with Gasteiger partial charge in [0.2, 0.25) is 0 Å². The van der Waals surface area contributed by atoms with Crippen LogP contribution in [0, 0.1) is 5.92 Å². The molecule has 1 N–H and O–H groups in total. The van der Waals surface area contributed by atoms with Crippen molar-refractivity contribution in [3.05, 3.63) is 48.7 Å². The number of nitrogens with zero attached hydrogens (tertiary/aromatic N) is 7. The van der Waals surface area contributed by atoms with Crippen LogP contribution in [0.2, 0.25) is 0 Å². The number of hydrogen-bond donors (Lipinski definition) is 1. The second-order valence-electron chi connectivity index (χ2n) is 6.61. The van der Waals surface area contributed by atoms with E-state index in [1.165, 1.54) is 6.33 Å². The summed E-state index contributed by atoms with van der Waals surface area (Å²) in [5.74, 6) is 2.19. The lowest BCUT2D eigenvalue weighted by atomic mass is 9.99. The fraction of sp³-hybridized carbons (Fsp3) is 0.333. The molecule has 1 amide bonds. The van der Waals surface area contributed by atoms with Gasteiger partial charge in [-0.25, -0.2) is 14.6 Å². The molecule has 0 aliphatic carbocycles. The van der Waals surface area contributed by atoms with E-state index in [2.05, 4.69) is 42.4 Å². The zero-order valence-corrected chi connectivity index (χ0v) is 15.0. The maximum Gasteiger partial charge on any atom is 0.277 e. The average molecular weight is 364 g/mol. The lowest BCUT2D eigenvalue weighted by Gasteiger charge is -2.31. The van der Waals surface area contributed by atoms with Gasteiger partial charge in [-0.05, 0) is 37.0 Å². The minimum atomic E-state index is -0.369. The number of piperidine rings is 1. The molecule has 4 heterocycles. The normalized spacial score (nSPS) is 14.9. The van der Waals surface area contributed by atoms with E-state index < -0.39 is 0 Å². The minimum Gasteiger partial charge on any atom is -0.356 e. The van der Waals surface area contributed by atoms with Crippen LogP contribution in [0.25, 0.3) is 5.82 Å². The van der Waals surface area contributed by atoms with Gasteiger partial charge in [0.15, 0.2) is 11.5 Å². The van der Waals surface area contributed by atoms with Crippen molar-refractivity contribution >= 4 is 17.5 Å². The number of nitrogens with one attached hydrogen (secondary N) is 1. The smallest absolute Gasteiger partial charge is 0.277 e. The van der Waals surface area contributed by atoms with E-state index in [0.29, 0.717) is 11.6 Å². The summed E-state index contributed by atoms with van der Waals surface area (Å²) in [5, 5.41) is 14.8. The van der Waals surface area contributed by atoms with Crippen LogP contribution in [0.4, 0.5) is 11.6 Å². The van der Waals surface area contributed by atoms with E-state index >= 15 is 0 Å². The molecule has 0 aromatic carbocycles. The zero-order valence-electron chi connectivity index (χ0n) is 15.0. The Morgan fingerprint density at radius 2 is 2.00 bits per heavy atom. The summed E-state index contributed by atoms with van der Waals surface area (Å²) in [6.45, 7) is 4.19. The van der Waals surface area contributed by atoms with Crippen molar-refractivity contribution in [2.24, 2.45) is 5.92 Å². The number of carbonyl (C=O) groups excluding carboxylic acids is 1. The first-order valence-electron chi connectivity index (χ1n) is 8.91. The lowest BCUT2D eigenvalue weighted by Crippen LogP contribution is -2.33. The fourth-order valence-electron chi connectivity index (χ4n) is 2.98. The minimum absolute atomic E-state index is 0.206. The largest absolute Gasteiger partial charge is 0.356 e. The third kappa shape index (κ3) is 3.91. The van der Waals surface area contributed by atoms with E-state index in [0.717, 1.165) is 37.7 Å².